The first-order chi connectivity index (χ1) is 8.25. The molecule has 1 heterocycles. The molecular weight excluding hydrogens is 282 g/mol. The van der Waals surface area contributed by atoms with E-state index in [2.05, 4.69) is 21.2 Å². The maximum Gasteiger partial charge on any atom is 0.225 e. The summed E-state index contributed by atoms with van der Waals surface area (Å²) in [6, 6.07) is 7.96. The Morgan fingerprint density at radius 1 is 1.41 bits per heavy atom. The molecule has 92 valence electrons. The lowest BCUT2D eigenvalue weighted by Crippen LogP contribution is -2.35. The number of amides is 1. The van der Waals surface area contributed by atoms with Gasteiger partial charge in [-0.3, -0.25) is 4.79 Å². The Morgan fingerprint density at radius 2 is 2.18 bits per heavy atom. The van der Waals surface area contributed by atoms with Crippen LogP contribution in [-0.4, -0.2) is 19.1 Å². The summed E-state index contributed by atoms with van der Waals surface area (Å²) in [5, 5.41) is 2.95. The highest BCUT2D eigenvalue weighted by atomic mass is 79.9. The van der Waals surface area contributed by atoms with Crippen LogP contribution in [0.1, 0.15) is 18.4 Å². The predicted octanol–water partition coefficient (Wildman–Crippen LogP) is 2.49. The van der Waals surface area contributed by atoms with Crippen LogP contribution in [0.25, 0.3) is 0 Å². The second kappa shape index (κ2) is 6.17. The minimum atomic E-state index is 0.0270. The van der Waals surface area contributed by atoms with E-state index in [0.717, 1.165) is 29.5 Å². The summed E-state index contributed by atoms with van der Waals surface area (Å²) < 4.78 is 6.35. The largest absolute Gasteiger partial charge is 0.381 e. The molecule has 0 radical (unpaired) electrons. The molecule has 0 aromatic heterocycles. The number of halogens is 1. The molecule has 17 heavy (non-hydrogen) atoms. The van der Waals surface area contributed by atoms with Crippen LogP contribution in [0.4, 0.5) is 0 Å². The third-order valence-electron chi connectivity index (χ3n) is 2.91. The molecular formula is C13H16BrNO2. The number of hydrogen-bond acceptors (Lipinski definition) is 2. The van der Waals surface area contributed by atoms with Gasteiger partial charge in [-0.05, 0) is 30.5 Å². The summed E-state index contributed by atoms with van der Waals surface area (Å²) in [6.07, 6.45) is 1.92. The number of nitrogens with one attached hydrogen (secondary N) is 1. The Kier molecular flexibility index (Phi) is 4.57. The Balaban J connectivity index is 1.81. The predicted molar refractivity (Wildman–Crippen MR) is 69.5 cm³/mol. The molecule has 1 fully saturated rings. The molecule has 0 aliphatic carbocycles. The highest BCUT2D eigenvalue weighted by Crippen LogP contribution is 2.14. The van der Waals surface area contributed by atoms with Crippen molar-refractivity contribution in [2.75, 3.05) is 13.2 Å². The standard InChI is InChI=1S/C13H16BrNO2/c14-12-5-3-10(4-6-12)8-15-13(16)11-2-1-7-17-9-11/h3-6,11H,1-2,7-9H2,(H,15,16). The number of carbonyl (C=O) groups excluding carboxylic acids is 1. The van der Waals surface area contributed by atoms with Crippen LogP contribution < -0.4 is 5.32 Å². The van der Waals surface area contributed by atoms with Crippen LogP contribution in [0.15, 0.2) is 28.7 Å². The van der Waals surface area contributed by atoms with Crippen molar-refractivity contribution in [1.29, 1.82) is 0 Å². The first-order valence-electron chi connectivity index (χ1n) is 5.85. The SMILES string of the molecule is O=C(NCc1ccc(Br)cc1)C1CCCOC1. The first kappa shape index (κ1) is 12.6. The molecule has 1 atom stereocenters. The molecule has 1 N–H and O–H groups in total. The Morgan fingerprint density at radius 3 is 2.82 bits per heavy atom. The van der Waals surface area contributed by atoms with Crippen LogP contribution in [0, 0.1) is 5.92 Å². The third kappa shape index (κ3) is 3.82. The van der Waals surface area contributed by atoms with E-state index in [1.165, 1.54) is 0 Å². The number of ether oxygens (including phenoxy) is 1. The molecule has 1 unspecified atom stereocenters. The van der Waals surface area contributed by atoms with E-state index in [1.54, 1.807) is 0 Å². The van der Waals surface area contributed by atoms with Crippen molar-refractivity contribution >= 4 is 21.8 Å². The van der Waals surface area contributed by atoms with Gasteiger partial charge in [0.2, 0.25) is 5.91 Å². The summed E-state index contributed by atoms with van der Waals surface area (Å²) in [5.41, 5.74) is 1.11. The van der Waals surface area contributed by atoms with Crippen LogP contribution in [0.5, 0.6) is 0 Å². The van der Waals surface area contributed by atoms with Gasteiger partial charge in [-0.2, -0.15) is 0 Å². The average Bonchev–Trinajstić information content (AvgIpc) is 2.39. The van der Waals surface area contributed by atoms with Gasteiger partial charge < -0.3 is 10.1 Å². The summed E-state index contributed by atoms with van der Waals surface area (Å²) in [7, 11) is 0. The van der Waals surface area contributed by atoms with Gasteiger partial charge in [0.15, 0.2) is 0 Å². The zero-order chi connectivity index (χ0) is 12.1. The molecule has 0 saturated carbocycles. The molecule has 1 amide bonds. The van der Waals surface area contributed by atoms with Crippen LogP contribution in [-0.2, 0) is 16.1 Å². The van der Waals surface area contributed by atoms with E-state index in [0.29, 0.717) is 13.2 Å². The smallest absolute Gasteiger partial charge is 0.225 e. The molecule has 1 aliphatic rings. The second-order valence-electron chi connectivity index (χ2n) is 4.26. The lowest BCUT2D eigenvalue weighted by atomic mass is 10.0. The summed E-state index contributed by atoms with van der Waals surface area (Å²) >= 11 is 3.38. The molecule has 3 nitrogen and oxygen atoms in total. The van der Waals surface area contributed by atoms with Crippen LogP contribution >= 0.6 is 15.9 Å². The van der Waals surface area contributed by atoms with Gasteiger partial charge in [0.25, 0.3) is 0 Å². The molecule has 1 aromatic carbocycles. The first-order valence-corrected chi connectivity index (χ1v) is 6.65. The van der Waals surface area contributed by atoms with Gasteiger partial charge >= 0.3 is 0 Å². The summed E-state index contributed by atoms with van der Waals surface area (Å²) in [4.78, 5) is 11.8. The van der Waals surface area contributed by atoms with E-state index in [-0.39, 0.29) is 11.8 Å². The van der Waals surface area contributed by atoms with Crippen LogP contribution in [0.2, 0.25) is 0 Å². The molecule has 1 aromatic rings. The quantitative estimate of drug-likeness (QED) is 0.931. The zero-order valence-electron chi connectivity index (χ0n) is 9.62. The third-order valence-corrected chi connectivity index (χ3v) is 3.44. The Bertz CT molecular complexity index is 372. The zero-order valence-corrected chi connectivity index (χ0v) is 11.2. The van der Waals surface area contributed by atoms with E-state index in [1.807, 2.05) is 24.3 Å². The van der Waals surface area contributed by atoms with Gasteiger partial charge in [0.05, 0.1) is 12.5 Å². The molecule has 0 spiro atoms. The number of carbonyl (C=O) groups is 1. The van der Waals surface area contributed by atoms with Crippen molar-refractivity contribution in [3.63, 3.8) is 0 Å². The van der Waals surface area contributed by atoms with Gasteiger partial charge in [-0.1, -0.05) is 28.1 Å². The fraction of sp³-hybridized carbons (Fsp3) is 0.462. The summed E-state index contributed by atoms with van der Waals surface area (Å²) in [5.74, 6) is 0.131. The highest BCUT2D eigenvalue weighted by molar-refractivity contribution is 9.10. The highest BCUT2D eigenvalue weighted by Gasteiger charge is 2.21. The Labute approximate surface area is 110 Å². The maximum atomic E-state index is 11.8. The number of rotatable bonds is 3. The van der Waals surface area contributed by atoms with Gasteiger partial charge in [-0.15, -0.1) is 0 Å². The van der Waals surface area contributed by atoms with Crippen molar-refractivity contribution in [1.82, 2.24) is 5.32 Å². The Hall–Kier alpha value is -0.870. The fourth-order valence-electron chi connectivity index (χ4n) is 1.88. The maximum absolute atomic E-state index is 11.8. The molecule has 2 rings (SSSR count). The van der Waals surface area contributed by atoms with Crippen LogP contribution in [0.3, 0.4) is 0 Å². The van der Waals surface area contributed by atoms with E-state index >= 15 is 0 Å². The topological polar surface area (TPSA) is 38.3 Å². The molecule has 1 aliphatic heterocycles. The molecule has 4 heteroatoms. The summed E-state index contributed by atoms with van der Waals surface area (Å²) in [6.45, 7) is 1.94. The van der Waals surface area contributed by atoms with Crippen molar-refractivity contribution in [3.8, 4) is 0 Å². The number of benzene rings is 1. The van der Waals surface area contributed by atoms with Crippen molar-refractivity contribution in [2.45, 2.75) is 19.4 Å². The van der Waals surface area contributed by atoms with Crippen molar-refractivity contribution in [3.05, 3.63) is 34.3 Å². The van der Waals surface area contributed by atoms with E-state index < -0.39 is 0 Å². The lowest BCUT2D eigenvalue weighted by molar-refractivity contribution is -0.129. The van der Waals surface area contributed by atoms with Gasteiger partial charge in [0, 0.05) is 17.6 Å². The molecule has 0 bridgehead atoms. The number of hydrogen-bond donors (Lipinski definition) is 1. The van der Waals surface area contributed by atoms with Gasteiger partial charge in [0.1, 0.15) is 0 Å². The van der Waals surface area contributed by atoms with E-state index in [9.17, 15) is 4.79 Å². The lowest BCUT2D eigenvalue weighted by Gasteiger charge is -2.21. The normalized spacial score (nSPS) is 19.9. The minimum Gasteiger partial charge on any atom is -0.381 e. The minimum absolute atomic E-state index is 0.0270. The van der Waals surface area contributed by atoms with Crippen molar-refractivity contribution < 1.29 is 9.53 Å². The fourth-order valence-corrected chi connectivity index (χ4v) is 2.15. The second-order valence-corrected chi connectivity index (χ2v) is 5.17. The van der Waals surface area contributed by atoms with E-state index in [4.69, 9.17) is 4.74 Å². The monoisotopic (exact) mass is 297 g/mol. The van der Waals surface area contributed by atoms with Gasteiger partial charge in [-0.25, -0.2) is 0 Å². The molecule has 1 saturated heterocycles. The average molecular weight is 298 g/mol. The van der Waals surface area contributed by atoms with Crippen molar-refractivity contribution in [2.24, 2.45) is 5.92 Å².